The molecule has 1 saturated carbocycles. The lowest BCUT2D eigenvalue weighted by Gasteiger charge is -2.26. The van der Waals surface area contributed by atoms with Crippen molar-refractivity contribution in [1.82, 2.24) is 0 Å². The highest BCUT2D eigenvalue weighted by Crippen LogP contribution is 2.31. The van der Waals surface area contributed by atoms with E-state index in [2.05, 4.69) is 13.8 Å². The summed E-state index contributed by atoms with van der Waals surface area (Å²) in [5.74, 6) is 1.39. The maximum atomic E-state index is 9.49. The molecule has 1 rings (SSSR count). The number of aliphatic hydroxyl groups is 1. The second-order valence-electron chi connectivity index (χ2n) is 4.19. The van der Waals surface area contributed by atoms with Gasteiger partial charge in [-0.15, -0.1) is 0 Å². The van der Waals surface area contributed by atoms with Crippen molar-refractivity contribution in [2.75, 3.05) is 0 Å². The molecule has 1 aliphatic carbocycles. The van der Waals surface area contributed by atoms with Crippen molar-refractivity contribution in [1.29, 1.82) is 0 Å². The van der Waals surface area contributed by atoms with Crippen molar-refractivity contribution in [2.24, 2.45) is 11.8 Å². The van der Waals surface area contributed by atoms with Crippen molar-refractivity contribution >= 4 is 0 Å². The van der Waals surface area contributed by atoms with Crippen LogP contribution in [0.1, 0.15) is 46.0 Å². The molecule has 0 spiro atoms. The smallest absolute Gasteiger partial charge is 0.0563 e. The normalized spacial score (nSPS) is 21.8. The second kappa shape index (κ2) is 4.10. The fourth-order valence-electron chi connectivity index (χ4n) is 1.52. The lowest BCUT2D eigenvalue weighted by atomic mass is 9.81. The van der Waals surface area contributed by atoms with Gasteiger partial charge in [-0.05, 0) is 24.7 Å². The summed E-state index contributed by atoms with van der Waals surface area (Å²) in [6.45, 7) is 4.18. The lowest BCUT2D eigenvalue weighted by molar-refractivity contribution is 0.101. The van der Waals surface area contributed by atoms with Gasteiger partial charge in [0.15, 0.2) is 0 Å². The highest BCUT2D eigenvalue weighted by Gasteiger charge is 2.19. The monoisotopic (exact) mass is 156 g/mol. The zero-order chi connectivity index (χ0) is 8.27. The van der Waals surface area contributed by atoms with Gasteiger partial charge in [0.1, 0.15) is 0 Å². The van der Waals surface area contributed by atoms with E-state index in [1.54, 1.807) is 0 Å². The van der Waals surface area contributed by atoms with Gasteiger partial charge in [-0.25, -0.2) is 0 Å². The minimum atomic E-state index is -0.0596. The molecule has 1 unspecified atom stereocenters. The van der Waals surface area contributed by atoms with Gasteiger partial charge in [-0.3, -0.25) is 0 Å². The molecule has 0 amide bonds. The van der Waals surface area contributed by atoms with Crippen molar-refractivity contribution in [3.05, 3.63) is 0 Å². The fraction of sp³-hybridized carbons (Fsp3) is 1.00. The molecule has 0 bridgehead atoms. The Labute approximate surface area is 69.8 Å². The fourth-order valence-corrected chi connectivity index (χ4v) is 1.52. The van der Waals surface area contributed by atoms with E-state index in [1.807, 2.05) is 0 Å². The molecule has 0 heterocycles. The summed E-state index contributed by atoms with van der Waals surface area (Å²) in [7, 11) is 0. The predicted octanol–water partition coefficient (Wildman–Crippen LogP) is 2.58. The Morgan fingerprint density at radius 1 is 1.36 bits per heavy atom. The van der Waals surface area contributed by atoms with Crippen LogP contribution in [0.25, 0.3) is 0 Å². The molecule has 1 heteroatoms. The zero-order valence-corrected chi connectivity index (χ0v) is 7.71. The molecule has 0 aromatic rings. The highest BCUT2D eigenvalue weighted by atomic mass is 16.3. The van der Waals surface area contributed by atoms with Crippen LogP contribution in [0.3, 0.4) is 0 Å². The van der Waals surface area contributed by atoms with E-state index in [1.165, 1.54) is 25.7 Å². The Kier molecular flexibility index (Phi) is 3.38. The maximum Gasteiger partial charge on any atom is 0.0563 e. The molecule has 11 heavy (non-hydrogen) atoms. The van der Waals surface area contributed by atoms with Crippen LogP contribution in [-0.4, -0.2) is 11.2 Å². The van der Waals surface area contributed by atoms with Crippen LogP contribution in [0.15, 0.2) is 0 Å². The standard InChI is InChI=1S/C10H20O/c1-8(2)10(11)7-6-9-4-3-5-9/h8-11H,3-7H2,1-2H3. The van der Waals surface area contributed by atoms with E-state index >= 15 is 0 Å². The third-order valence-corrected chi connectivity index (χ3v) is 2.86. The minimum absolute atomic E-state index is 0.0596. The van der Waals surface area contributed by atoms with Crippen molar-refractivity contribution in [3.8, 4) is 0 Å². The minimum Gasteiger partial charge on any atom is -0.393 e. The molecule has 1 N–H and O–H groups in total. The molecule has 66 valence electrons. The summed E-state index contributed by atoms with van der Waals surface area (Å²) in [4.78, 5) is 0. The summed E-state index contributed by atoms with van der Waals surface area (Å²) >= 11 is 0. The molecule has 0 aromatic heterocycles. The van der Waals surface area contributed by atoms with E-state index in [4.69, 9.17) is 0 Å². The average molecular weight is 156 g/mol. The third-order valence-electron chi connectivity index (χ3n) is 2.86. The first-order chi connectivity index (χ1) is 5.20. The number of rotatable bonds is 4. The first-order valence-corrected chi connectivity index (χ1v) is 4.88. The van der Waals surface area contributed by atoms with Gasteiger partial charge in [0.25, 0.3) is 0 Å². The molecule has 1 aliphatic rings. The average Bonchev–Trinajstić information content (AvgIpc) is 1.83. The van der Waals surface area contributed by atoms with Gasteiger partial charge < -0.3 is 5.11 Å². The largest absolute Gasteiger partial charge is 0.393 e. The summed E-state index contributed by atoms with van der Waals surface area (Å²) in [5, 5.41) is 9.49. The van der Waals surface area contributed by atoms with Crippen LogP contribution < -0.4 is 0 Å². The first-order valence-electron chi connectivity index (χ1n) is 4.88. The molecule has 0 aromatic carbocycles. The molecule has 0 aliphatic heterocycles. The van der Waals surface area contributed by atoms with Gasteiger partial charge >= 0.3 is 0 Å². The van der Waals surface area contributed by atoms with Gasteiger partial charge in [-0.1, -0.05) is 33.1 Å². The Bertz CT molecular complexity index is 105. The van der Waals surface area contributed by atoms with Gasteiger partial charge in [-0.2, -0.15) is 0 Å². The first kappa shape index (κ1) is 9.05. The highest BCUT2D eigenvalue weighted by molar-refractivity contribution is 4.71. The molecule has 0 saturated heterocycles. The zero-order valence-electron chi connectivity index (χ0n) is 7.71. The quantitative estimate of drug-likeness (QED) is 0.663. The van der Waals surface area contributed by atoms with E-state index in [0.29, 0.717) is 5.92 Å². The van der Waals surface area contributed by atoms with Crippen LogP contribution in [0.2, 0.25) is 0 Å². The van der Waals surface area contributed by atoms with Gasteiger partial charge in [0.05, 0.1) is 6.10 Å². The van der Waals surface area contributed by atoms with E-state index < -0.39 is 0 Å². The van der Waals surface area contributed by atoms with Crippen molar-refractivity contribution < 1.29 is 5.11 Å². The predicted molar refractivity (Wildman–Crippen MR) is 47.4 cm³/mol. The third kappa shape index (κ3) is 2.82. The van der Waals surface area contributed by atoms with Crippen molar-refractivity contribution in [2.45, 2.75) is 52.1 Å². The molecule has 1 nitrogen and oxygen atoms in total. The second-order valence-corrected chi connectivity index (χ2v) is 4.19. The molecule has 1 atom stereocenters. The van der Waals surface area contributed by atoms with Crippen LogP contribution in [0.4, 0.5) is 0 Å². The topological polar surface area (TPSA) is 20.2 Å². The Hall–Kier alpha value is -0.0400. The SMILES string of the molecule is CC(C)C(O)CCC1CCC1. The maximum absolute atomic E-state index is 9.49. The van der Waals surface area contributed by atoms with Crippen molar-refractivity contribution in [3.63, 3.8) is 0 Å². The van der Waals surface area contributed by atoms with E-state index in [0.717, 1.165) is 12.3 Å². The number of hydrogen-bond acceptors (Lipinski definition) is 1. The number of aliphatic hydroxyl groups excluding tert-OH is 1. The Morgan fingerprint density at radius 2 is 2.00 bits per heavy atom. The van der Waals surface area contributed by atoms with Gasteiger partial charge in [0, 0.05) is 0 Å². The van der Waals surface area contributed by atoms with Crippen LogP contribution in [0.5, 0.6) is 0 Å². The summed E-state index contributed by atoms with van der Waals surface area (Å²) < 4.78 is 0. The van der Waals surface area contributed by atoms with Gasteiger partial charge in [0.2, 0.25) is 0 Å². The molecule has 1 fully saturated rings. The summed E-state index contributed by atoms with van der Waals surface area (Å²) in [6, 6.07) is 0. The molecular formula is C10H20O. The van der Waals surface area contributed by atoms with Crippen LogP contribution in [0, 0.1) is 11.8 Å². The lowest BCUT2D eigenvalue weighted by Crippen LogP contribution is -2.18. The van der Waals surface area contributed by atoms with Crippen LogP contribution >= 0.6 is 0 Å². The summed E-state index contributed by atoms with van der Waals surface area (Å²) in [5.41, 5.74) is 0. The van der Waals surface area contributed by atoms with E-state index in [9.17, 15) is 5.11 Å². The Balaban J connectivity index is 2.01. The number of hydrogen-bond donors (Lipinski definition) is 1. The van der Waals surface area contributed by atoms with Crippen LogP contribution in [-0.2, 0) is 0 Å². The summed E-state index contributed by atoms with van der Waals surface area (Å²) in [6.07, 6.45) is 6.44. The molecular weight excluding hydrogens is 136 g/mol. The van der Waals surface area contributed by atoms with E-state index in [-0.39, 0.29) is 6.10 Å². The molecule has 0 radical (unpaired) electrons. The Morgan fingerprint density at radius 3 is 2.36 bits per heavy atom.